The van der Waals surface area contributed by atoms with Gasteiger partial charge in [-0.05, 0) is 115 Å². The van der Waals surface area contributed by atoms with Crippen molar-refractivity contribution in [3.63, 3.8) is 0 Å². The van der Waals surface area contributed by atoms with Crippen LogP contribution in [0.5, 0.6) is 11.5 Å². The molecule has 1 aliphatic carbocycles. The maximum atomic E-state index is 6.28. The molecule has 1 saturated carbocycles. The number of nitrogens with zero attached hydrogens (tertiary/aromatic N) is 2. The van der Waals surface area contributed by atoms with Gasteiger partial charge in [0.1, 0.15) is 11.5 Å². The highest BCUT2D eigenvalue weighted by Crippen LogP contribution is 2.54. The predicted molar refractivity (Wildman–Crippen MR) is 181 cm³/mol. The minimum atomic E-state index is -0.100. The van der Waals surface area contributed by atoms with Crippen molar-refractivity contribution < 1.29 is 9.47 Å². The summed E-state index contributed by atoms with van der Waals surface area (Å²) in [5.74, 6) is 2.59. The summed E-state index contributed by atoms with van der Waals surface area (Å²) in [6.07, 6.45) is 3.46. The number of fused-ring (bicyclic) bond motifs is 2. The first kappa shape index (κ1) is 28.5. The van der Waals surface area contributed by atoms with Crippen molar-refractivity contribution in [2.45, 2.75) is 68.3 Å². The minimum Gasteiger partial charge on any atom is -0.473 e. The van der Waals surface area contributed by atoms with E-state index in [1.54, 1.807) is 0 Å². The van der Waals surface area contributed by atoms with Crippen LogP contribution in [0.3, 0.4) is 0 Å². The van der Waals surface area contributed by atoms with Gasteiger partial charge < -0.3 is 19.3 Å². The normalized spacial score (nSPS) is 20.4. The van der Waals surface area contributed by atoms with E-state index in [2.05, 4.69) is 116 Å². The molecule has 0 aromatic heterocycles. The molecule has 1 fully saturated rings. The number of ether oxygens (including phenoxy) is 2. The van der Waals surface area contributed by atoms with Gasteiger partial charge in [0, 0.05) is 50.8 Å². The molecular weight excluding hydrogens is 569 g/mol. The van der Waals surface area contributed by atoms with E-state index < -0.39 is 0 Å². The average molecular weight is 609 g/mol. The standard InChI is InChI=1S/C37H40N2O2S2/c1-25-18-36(2,3)22-37(19-25,28-4-14-34-26(16-28)20-38(23-40-34)30-6-10-32(42)11-7-30)29-5-15-35-27(17-29)21-39(24-41-35)31-8-12-33(43)13-9-31/h4-17,25,42-43H,18-24H2,1-3H3. The summed E-state index contributed by atoms with van der Waals surface area (Å²) in [6.45, 7) is 10.1. The monoisotopic (exact) mass is 608 g/mol. The topological polar surface area (TPSA) is 24.9 Å². The Labute approximate surface area is 266 Å². The van der Waals surface area contributed by atoms with Crippen LogP contribution in [0.15, 0.2) is 94.7 Å². The molecule has 0 N–H and O–H groups in total. The molecule has 1 atom stereocenters. The molecule has 0 radical (unpaired) electrons. The van der Waals surface area contributed by atoms with Crippen LogP contribution >= 0.6 is 25.3 Å². The lowest BCUT2D eigenvalue weighted by Crippen LogP contribution is -2.41. The molecule has 2 aliphatic heterocycles. The van der Waals surface area contributed by atoms with Crippen molar-refractivity contribution >= 4 is 36.6 Å². The first-order valence-electron chi connectivity index (χ1n) is 15.3. The number of anilines is 2. The molecule has 0 saturated heterocycles. The Morgan fingerprint density at radius 3 is 1.56 bits per heavy atom. The van der Waals surface area contributed by atoms with Gasteiger partial charge in [0.15, 0.2) is 13.5 Å². The fraction of sp³-hybridized carbons (Fsp3) is 0.351. The molecule has 1 unspecified atom stereocenters. The Bertz CT molecular complexity index is 1530. The van der Waals surface area contributed by atoms with Crippen molar-refractivity contribution in [1.29, 1.82) is 0 Å². The molecule has 0 spiro atoms. The van der Waals surface area contributed by atoms with Crippen molar-refractivity contribution in [2.24, 2.45) is 11.3 Å². The largest absolute Gasteiger partial charge is 0.473 e. The highest BCUT2D eigenvalue weighted by atomic mass is 32.1. The fourth-order valence-electron chi connectivity index (χ4n) is 7.92. The third-order valence-electron chi connectivity index (χ3n) is 9.51. The molecule has 6 heteroatoms. The van der Waals surface area contributed by atoms with Crippen LogP contribution in [0.1, 0.15) is 62.3 Å². The summed E-state index contributed by atoms with van der Waals surface area (Å²) in [5.41, 5.74) is 7.69. The molecule has 222 valence electrons. The molecule has 7 rings (SSSR count). The summed E-state index contributed by atoms with van der Waals surface area (Å²) < 4.78 is 12.6. The van der Waals surface area contributed by atoms with Crippen LogP contribution in [0.25, 0.3) is 0 Å². The third-order valence-corrected chi connectivity index (χ3v) is 10.1. The highest BCUT2D eigenvalue weighted by Gasteiger charge is 2.46. The second-order valence-electron chi connectivity index (χ2n) is 13.6. The molecule has 0 bridgehead atoms. The lowest BCUT2D eigenvalue weighted by Gasteiger charge is -2.49. The number of thiol groups is 2. The van der Waals surface area contributed by atoms with E-state index in [1.807, 2.05) is 24.3 Å². The highest BCUT2D eigenvalue weighted by molar-refractivity contribution is 7.80. The van der Waals surface area contributed by atoms with Crippen LogP contribution < -0.4 is 19.3 Å². The van der Waals surface area contributed by atoms with Crippen LogP contribution in [-0.2, 0) is 18.5 Å². The molecule has 4 nitrogen and oxygen atoms in total. The van der Waals surface area contributed by atoms with E-state index in [4.69, 9.17) is 9.47 Å². The molecule has 4 aromatic rings. The van der Waals surface area contributed by atoms with Gasteiger partial charge >= 0.3 is 0 Å². The summed E-state index contributed by atoms with van der Waals surface area (Å²) in [4.78, 5) is 6.53. The first-order valence-corrected chi connectivity index (χ1v) is 16.2. The summed E-state index contributed by atoms with van der Waals surface area (Å²) in [7, 11) is 0. The smallest absolute Gasteiger partial charge is 0.161 e. The second kappa shape index (κ2) is 11.0. The average Bonchev–Trinajstić information content (AvgIpc) is 2.99. The van der Waals surface area contributed by atoms with Gasteiger partial charge in [-0.2, -0.15) is 0 Å². The summed E-state index contributed by atoms with van der Waals surface area (Å²) >= 11 is 8.94. The molecule has 43 heavy (non-hydrogen) atoms. The second-order valence-corrected chi connectivity index (χ2v) is 14.6. The Balaban J connectivity index is 1.27. The van der Waals surface area contributed by atoms with E-state index in [-0.39, 0.29) is 10.8 Å². The number of hydrogen-bond donors (Lipinski definition) is 2. The van der Waals surface area contributed by atoms with Gasteiger partial charge in [-0.1, -0.05) is 32.9 Å². The van der Waals surface area contributed by atoms with Gasteiger partial charge in [-0.3, -0.25) is 0 Å². The Morgan fingerprint density at radius 1 is 0.651 bits per heavy atom. The van der Waals surface area contributed by atoms with Gasteiger partial charge in [-0.25, -0.2) is 0 Å². The fourth-order valence-corrected chi connectivity index (χ4v) is 8.22. The molecular formula is C37H40N2O2S2. The van der Waals surface area contributed by atoms with Crippen molar-refractivity contribution in [3.8, 4) is 11.5 Å². The Kier molecular flexibility index (Phi) is 7.33. The van der Waals surface area contributed by atoms with Crippen LogP contribution in [0, 0.1) is 11.3 Å². The zero-order valence-corrected chi connectivity index (χ0v) is 27.0. The van der Waals surface area contributed by atoms with Gasteiger partial charge in [0.2, 0.25) is 0 Å². The lowest BCUT2D eigenvalue weighted by atomic mass is 9.55. The SMILES string of the molecule is CC1CC(C)(C)CC(c2ccc3c(c2)CN(c2ccc(S)cc2)CO3)(c2ccc3c(c2)CN(c2ccc(S)cc2)CO3)C1. The Hall–Kier alpha value is -3.22. The molecule has 2 heterocycles. The van der Waals surface area contributed by atoms with E-state index in [0.29, 0.717) is 19.4 Å². The van der Waals surface area contributed by atoms with Crippen molar-refractivity contribution in [1.82, 2.24) is 0 Å². The maximum absolute atomic E-state index is 6.28. The summed E-state index contributed by atoms with van der Waals surface area (Å²) in [5, 5.41) is 0. The van der Waals surface area contributed by atoms with Crippen LogP contribution in [0.4, 0.5) is 11.4 Å². The third kappa shape index (κ3) is 5.60. The van der Waals surface area contributed by atoms with Crippen molar-refractivity contribution in [2.75, 3.05) is 23.3 Å². The molecule has 4 aromatic carbocycles. The van der Waals surface area contributed by atoms with Gasteiger partial charge in [-0.15, -0.1) is 25.3 Å². The zero-order valence-electron chi connectivity index (χ0n) is 25.2. The van der Waals surface area contributed by atoms with Crippen molar-refractivity contribution in [3.05, 3.63) is 107 Å². The number of rotatable bonds is 4. The zero-order chi connectivity index (χ0) is 29.8. The van der Waals surface area contributed by atoms with Crippen LogP contribution in [0.2, 0.25) is 0 Å². The quantitative estimate of drug-likeness (QED) is 0.226. The molecule has 0 amide bonds. The Morgan fingerprint density at radius 2 is 1.12 bits per heavy atom. The minimum absolute atomic E-state index is 0.100. The van der Waals surface area contributed by atoms with E-state index in [9.17, 15) is 0 Å². The van der Waals surface area contributed by atoms with Gasteiger partial charge in [0.25, 0.3) is 0 Å². The first-order chi connectivity index (χ1) is 20.7. The van der Waals surface area contributed by atoms with E-state index >= 15 is 0 Å². The lowest BCUT2D eigenvalue weighted by molar-refractivity contribution is 0.126. The number of benzene rings is 4. The number of hydrogen-bond acceptors (Lipinski definition) is 6. The van der Waals surface area contributed by atoms with Gasteiger partial charge in [0.05, 0.1) is 0 Å². The maximum Gasteiger partial charge on any atom is 0.161 e. The summed E-state index contributed by atoms with van der Waals surface area (Å²) in [6, 6.07) is 30.6. The van der Waals surface area contributed by atoms with Crippen LogP contribution in [-0.4, -0.2) is 13.5 Å². The van der Waals surface area contributed by atoms with E-state index in [0.717, 1.165) is 58.6 Å². The predicted octanol–water partition coefficient (Wildman–Crippen LogP) is 9.11. The van der Waals surface area contributed by atoms with E-state index in [1.165, 1.54) is 28.7 Å². The molecule has 3 aliphatic rings.